The average molecular weight is 240 g/mol. The largest absolute Gasteiger partial charge is 0.372 e. The number of aromatic nitrogens is 2. The highest BCUT2D eigenvalue weighted by atomic mass is 35.5. The third-order valence-electron chi connectivity index (χ3n) is 2.67. The van der Waals surface area contributed by atoms with Crippen LogP contribution in [0.4, 0.5) is 0 Å². The number of fused-ring (bicyclic) bond motifs is 1. The van der Waals surface area contributed by atoms with E-state index in [4.69, 9.17) is 22.1 Å². The van der Waals surface area contributed by atoms with Crippen molar-refractivity contribution in [3.05, 3.63) is 29.0 Å². The third kappa shape index (κ3) is 1.69. The molecule has 0 spiro atoms. The van der Waals surface area contributed by atoms with Gasteiger partial charge in [-0.1, -0.05) is 17.7 Å². The Bertz CT molecular complexity index is 505. The highest BCUT2D eigenvalue weighted by Gasteiger charge is 2.17. The highest BCUT2D eigenvalue weighted by Crippen LogP contribution is 2.26. The van der Waals surface area contributed by atoms with E-state index in [9.17, 15) is 0 Å². The summed E-state index contributed by atoms with van der Waals surface area (Å²) in [5.41, 5.74) is 7.41. The summed E-state index contributed by atoms with van der Waals surface area (Å²) in [5.74, 6) is 0.799. The number of nitrogens with two attached hydrogens (primary N) is 1. The molecule has 0 aliphatic carbocycles. The SMILES string of the molecule is COC(CN)c1nc2cccc(Cl)c2n1C. The number of nitrogens with zero attached hydrogens (tertiary/aromatic N) is 2. The Kier molecular flexibility index (Phi) is 3.14. The summed E-state index contributed by atoms with van der Waals surface area (Å²) in [4.78, 5) is 4.49. The quantitative estimate of drug-likeness (QED) is 0.890. The number of rotatable bonds is 3. The highest BCUT2D eigenvalue weighted by molar-refractivity contribution is 6.35. The molecule has 0 fully saturated rings. The molecule has 1 aromatic carbocycles. The van der Waals surface area contributed by atoms with E-state index < -0.39 is 0 Å². The van der Waals surface area contributed by atoms with Crippen molar-refractivity contribution < 1.29 is 4.74 Å². The molecule has 0 aliphatic heterocycles. The number of halogens is 1. The van der Waals surface area contributed by atoms with Gasteiger partial charge < -0.3 is 15.0 Å². The van der Waals surface area contributed by atoms with Crippen LogP contribution >= 0.6 is 11.6 Å². The Balaban J connectivity index is 2.64. The molecule has 16 heavy (non-hydrogen) atoms. The summed E-state index contributed by atoms with van der Waals surface area (Å²) in [7, 11) is 3.54. The Hall–Kier alpha value is -1.10. The van der Waals surface area contributed by atoms with Gasteiger partial charge in [-0.3, -0.25) is 0 Å². The van der Waals surface area contributed by atoms with Gasteiger partial charge in [0.05, 0.1) is 16.1 Å². The number of hydrogen-bond acceptors (Lipinski definition) is 3. The van der Waals surface area contributed by atoms with Gasteiger partial charge in [-0.15, -0.1) is 0 Å². The van der Waals surface area contributed by atoms with E-state index in [2.05, 4.69) is 4.98 Å². The van der Waals surface area contributed by atoms with Crippen molar-refractivity contribution in [1.82, 2.24) is 9.55 Å². The van der Waals surface area contributed by atoms with Crippen LogP contribution in [-0.4, -0.2) is 23.2 Å². The predicted octanol–water partition coefficient (Wildman–Crippen LogP) is 1.87. The minimum absolute atomic E-state index is 0.200. The number of imidazole rings is 1. The van der Waals surface area contributed by atoms with E-state index in [1.807, 2.05) is 29.8 Å². The zero-order chi connectivity index (χ0) is 11.7. The zero-order valence-corrected chi connectivity index (χ0v) is 10.0. The molecule has 1 aromatic heterocycles. The van der Waals surface area contributed by atoms with Gasteiger partial charge in [0, 0.05) is 20.7 Å². The standard InChI is InChI=1S/C11H14ClN3O/c1-15-10-7(12)4-3-5-8(10)14-11(15)9(6-13)16-2/h3-5,9H,6,13H2,1-2H3. The van der Waals surface area contributed by atoms with Gasteiger partial charge in [0.2, 0.25) is 0 Å². The van der Waals surface area contributed by atoms with E-state index in [1.165, 1.54) is 0 Å². The summed E-state index contributed by atoms with van der Waals surface area (Å²) < 4.78 is 7.21. The molecule has 1 atom stereocenters. The Morgan fingerprint density at radius 2 is 2.31 bits per heavy atom. The summed E-state index contributed by atoms with van der Waals surface area (Å²) in [5, 5.41) is 0.686. The lowest BCUT2D eigenvalue weighted by Crippen LogP contribution is -2.17. The van der Waals surface area contributed by atoms with Gasteiger partial charge in [-0.25, -0.2) is 4.98 Å². The number of methoxy groups -OCH3 is 1. The fourth-order valence-electron chi connectivity index (χ4n) is 1.83. The maximum Gasteiger partial charge on any atom is 0.140 e. The smallest absolute Gasteiger partial charge is 0.140 e. The van der Waals surface area contributed by atoms with Gasteiger partial charge in [-0.2, -0.15) is 0 Å². The number of hydrogen-bond donors (Lipinski definition) is 1. The maximum atomic E-state index is 6.13. The van der Waals surface area contributed by atoms with Crippen LogP contribution in [0.15, 0.2) is 18.2 Å². The average Bonchev–Trinajstić information content (AvgIpc) is 2.60. The second-order valence-corrected chi connectivity index (χ2v) is 4.00. The van der Waals surface area contributed by atoms with Crippen LogP contribution in [0.2, 0.25) is 5.02 Å². The van der Waals surface area contributed by atoms with Gasteiger partial charge in [0.15, 0.2) is 0 Å². The zero-order valence-electron chi connectivity index (χ0n) is 9.27. The normalized spacial score (nSPS) is 13.2. The molecule has 2 N–H and O–H groups in total. The van der Waals surface area contributed by atoms with Crippen LogP contribution in [0.1, 0.15) is 11.9 Å². The second-order valence-electron chi connectivity index (χ2n) is 3.60. The van der Waals surface area contributed by atoms with Crippen LogP contribution in [0.3, 0.4) is 0 Å². The first-order valence-corrected chi connectivity index (χ1v) is 5.40. The molecule has 5 heteroatoms. The van der Waals surface area contributed by atoms with Crippen molar-refractivity contribution in [2.75, 3.05) is 13.7 Å². The van der Waals surface area contributed by atoms with Crippen molar-refractivity contribution >= 4 is 22.6 Å². The lowest BCUT2D eigenvalue weighted by molar-refractivity contribution is 0.101. The molecule has 0 radical (unpaired) electrons. The molecule has 86 valence electrons. The van der Waals surface area contributed by atoms with Crippen LogP contribution in [0.5, 0.6) is 0 Å². The van der Waals surface area contributed by atoms with Gasteiger partial charge in [-0.05, 0) is 12.1 Å². The van der Waals surface area contributed by atoms with Crippen molar-refractivity contribution in [3.63, 3.8) is 0 Å². The first-order chi connectivity index (χ1) is 7.69. The molecular formula is C11H14ClN3O. The summed E-state index contributed by atoms with van der Waals surface area (Å²) in [6.07, 6.45) is -0.200. The minimum Gasteiger partial charge on any atom is -0.372 e. The van der Waals surface area contributed by atoms with Gasteiger partial charge in [0.25, 0.3) is 0 Å². The molecule has 0 aliphatic rings. The number of para-hydroxylation sites is 1. The molecule has 1 unspecified atom stereocenters. The molecular weight excluding hydrogens is 226 g/mol. The van der Waals surface area contributed by atoms with Crippen LogP contribution in [0.25, 0.3) is 11.0 Å². The first-order valence-electron chi connectivity index (χ1n) is 5.02. The minimum atomic E-state index is -0.200. The predicted molar refractivity (Wildman–Crippen MR) is 64.5 cm³/mol. The number of ether oxygens (including phenoxy) is 1. The fourth-order valence-corrected chi connectivity index (χ4v) is 2.13. The lowest BCUT2D eigenvalue weighted by atomic mass is 10.3. The first kappa shape index (κ1) is 11.4. The van der Waals surface area contributed by atoms with Crippen LogP contribution in [-0.2, 0) is 11.8 Å². The molecule has 2 aromatic rings. The van der Waals surface area contributed by atoms with E-state index in [0.717, 1.165) is 16.9 Å². The summed E-state index contributed by atoms with van der Waals surface area (Å²) in [6, 6.07) is 5.65. The number of benzene rings is 1. The van der Waals surface area contributed by atoms with E-state index in [0.29, 0.717) is 11.6 Å². The van der Waals surface area contributed by atoms with Crippen LogP contribution < -0.4 is 5.73 Å². The van der Waals surface area contributed by atoms with Crippen molar-refractivity contribution in [2.24, 2.45) is 12.8 Å². The van der Waals surface area contributed by atoms with Crippen molar-refractivity contribution in [1.29, 1.82) is 0 Å². The summed E-state index contributed by atoms with van der Waals surface area (Å²) in [6.45, 7) is 0.394. The molecule has 0 amide bonds. The fraction of sp³-hybridized carbons (Fsp3) is 0.364. The molecule has 0 saturated heterocycles. The topological polar surface area (TPSA) is 53.1 Å². The molecule has 4 nitrogen and oxygen atoms in total. The van der Waals surface area contributed by atoms with Crippen molar-refractivity contribution in [3.8, 4) is 0 Å². The molecule has 0 saturated carbocycles. The van der Waals surface area contributed by atoms with E-state index >= 15 is 0 Å². The van der Waals surface area contributed by atoms with E-state index in [-0.39, 0.29) is 6.10 Å². The second kappa shape index (κ2) is 4.41. The Morgan fingerprint density at radius 3 is 2.88 bits per heavy atom. The molecule has 0 bridgehead atoms. The monoisotopic (exact) mass is 239 g/mol. The maximum absolute atomic E-state index is 6.13. The van der Waals surface area contributed by atoms with Crippen molar-refractivity contribution in [2.45, 2.75) is 6.10 Å². The van der Waals surface area contributed by atoms with Gasteiger partial charge in [0.1, 0.15) is 11.9 Å². The summed E-state index contributed by atoms with van der Waals surface area (Å²) >= 11 is 6.13. The van der Waals surface area contributed by atoms with E-state index in [1.54, 1.807) is 7.11 Å². The molecule has 2 rings (SSSR count). The molecule has 1 heterocycles. The Labute approximate surface area is 99.0 Å². The number of aryl methyl sites for hydroxylation is 1. The Morgan fingerprint density at radius 1 is 1.56 bits per heavy atom. The van der Waals surface area contributed by atoms with Gasteiger partial charge >= 0.3 is 0 Å². The third-order valence-corrected chi connectivity index (χ3v) is 2.97. The lowest BCUT2D eigenvalue weighted by Gasteiger charge is -2.12. The van der Waals surface area contributed by atoms with Crippen LogP contribution in [0, 0.1) is 0 Å².